The van der Waals surface area contributed by atoms with Crippen molar-refractivity contribution in [2.75, 3.05) is 0 Å². The molecule has 0 amide bonds. The molecule has 1 aliphatic rings. The fourth-order valence-corrected chi connectivity index (χ4v) is 2.89. The van der Waals surface area contributed by atoms with Crippen LogP contribution in [0.1, 0.15) is 31.0 Å². The first-order chi connectivity index (χ1) is 8.65. The molecule has 18 heavy (non-hydrogen) atoms. The number of aromatic nitrogens is 2. The summed E-state index contributed by atoms with van der Waals surface area (Å²) in [5.41, 5.74) is 2.76. The molecule has 4 heteroatoms. The lowest BCUT2D eigenvalue weighted by atomic mass is 10.0. The van der Waals surface area contributed by atoms with E-state index in [1.807, 2.05) is 12.1 Å². The SMILES string of the molecule is CC1CCc2nc3cc(Br)ccn3c(=O)c2CC1. The highest BCUT2D eigenvalue weighted by atomic mass is 79.9. The van der Waals surface area contributed by atoms with Crippen LogP contribution >= 0.6 is 15.9 Å². The molecule has 0 radical (unpaired) electrons. The van der Waals surface area contributed by atoms with Crippen molar-refractivity contribution < 1.29 is 0 Å². The molecular weight excluding hydrogens is 292 g/mol. The largest absolute Gasteiger partial charge is 0.269 e. The van der Waals surface area contributed by atoms with Crippen LogP contribution in [0.15, 0.2) is 27.6 Å². The van der Waals surface area contributed by atoms with Gasteiger partial charge >= 0.3 is 0 Å². The van der Waals surface area contributed by atoms with E-state index in [4.69, 9.17) is 0 Å². The van der Waals surface area contributed by atoms with Crippen LogP contribution in [0.5, 0.6) is 0 Å². The van der Waals surface area contributed by atoms with E-state index in [-0.39, 0.29) is 5.56 Å². The summed E-state index contributed by atoms with van der Waals surface area (Å²) in [4.78, 5) is 17.1. The highest BCUT2D eigenvalue weighted by molar-refractivity contribution is 9.10. The van der Waals surface area contributed by atoms with Crippen LogP contribution in [-0.2, 0) is 12.8 Å². The predicted octanol–water partition coefficient (Wildman–Crippen LogP) is 2.97. The molecule has 0 bridgehead atoms. The molecule has 2 aromatic rings. The number of hydrogen-bond donors (Lipinski definition) is 0. The first kappa shape index (κ1) is 11.9. The van der Waals surface area contributed by atoms with Gasteiger partial charge in [0.1, 0.15) is 5.65 Å². The van der Waals surface area contributed by atoms with E-state index in [1.54, 1.807) is 10.6 Å². The Bertz CT molecular complexity index is 663. The first-order valence-electron chi connectivity index (χ1n) is 6.35. The van der Waals surface area contributed by atoms with Crippen molar-refractivity contribution in [2.45, 2.75) is 32.6 Å². The van der Waals surface area contributed by atoms with Gasteiger partial charge in [-0.05, 0) is 43.7 Å². The van der Waals surface area contributed by atoms with E-state index in [9.17, 15) is 4.79 Å². The minimum atomic E-state index is 0.108. The molecular formula is C14H15BrN2O. The molecule has 1 unspecified atom stereocenters. The van der Waals surface area contributed by atoms with Crippen molar-refractivity contribution in [3.8, 4) is 0 Å². The number of rotatable bonds is 0. The minimum Gasteiger partial charge on any atom is -0.269 e. The Morgan fingerprint density at radius 3 is 3.00 bits per heavy atom. The topological polar surface area (TPSA) is 34.4 Å². The van der Waals surface area contributed by atoms with Crippen LogP contribution in [-0.4, -0.2) is 9.38 Å². The monoisotopic (exact) mass is 306 g/mol. The van der Waals surface area contributed by atoms with Gasteiger partial charge in [0.15, 0.2) is 0 Å². The number of pyridine rings is 1. The van der Waals surface area contributed by atoms with Crippen LogP contribution in [0, 0.1) is 5.92 Å². The van der Waals surface area contributed by atoms with Crippen molar-refractivity contribution in [3.05, 3.63) is 44.4 Å². The maximum atomic E-state index is 12.5. The maximum Gasteiger partial charge on any atom is 0.261 e. The summed E-state index contributed by atoms with van der Waals surface area (Å²) >= 11 is 3.42. The van der Waals surface area contributed by atoms with Gasteiger partial charge in [0.2, 0.25) is 0 Å². The zero-order valence-electron chi connectivity index (χ0n) is 10.3. The lowest BCUT2D eigenvalue weighted by Crippen LogP contribution is -2.21. The Morgan fingerprint density at radius 1 is 1.39 bits per heavy atom. The van der Waals surface area contributed by atoms with Crippen molar-refractivity contribution in [3.63, 3.8) is 0 Å². The summed E-state index contributed by atoms with van der Waals surface area (Å²) in [5.74, 6) is 0.679. The van der Waals surface area contributed by atoms with Crippen molar-refractivity contribution in [1.82, 2.24) is 9.38 Å². The zero-order chi connectivity index (χ0) is 12.7. The molecule has 94 valence electrons. The Morgan fingerprint density at radius 2 is 2.17 bits per heavy atom. The molecule has 2 heterocycles. The second-order valence-electron chi connectivity index (χ2n) is 5.10. The Kier molecular flexibility index (Phi) is 2.98. The zero-order valence-corrected chi connectivity index (χ0v) is 11.9. The minimum absolute atomic E-state index is 0.108. The molecule has 3 rings (SSSR count). The average Bonchev–Trinajstić information content (AvgIpc) is 2.52. The maximum absolute atomic E-state index is 12.5. The van der Waals surface area contributed by atoms with Gasteiger partial charge in [-0.15, -0.1) is 0 Å². The Hall–Kier alpha value is -1.16. The highest BCUT2D eigenvalue weighted by Crippen LogP contribution is 2.22. The lowest BCUT2D eigenvalue weighted by Gasteiger charge is -2.07. The van der Waals surface area contributed by atoms with Gasteiger partial charge < -0.3 is 0 Å². The number of nitrogens with zero attached hydrogens (tertiary/aromatic N) is 2. The molecule has 0 fully saturated rings. The summed E-state index contributed by atoms with van der Waals surface area (Å²) in [6, 6.07) is 3.78. The molecule has 2 aromatic heterocycles. The average molecular weight is 307 g/mol. The Labute approximate surface area is 114 Å². The smallest absolute Gasteiger partial charge is 0.261 e. The molecule has 1 aliphatic carbocycles. The van der Waals surface area contributed by atoms with Crippen molar-refractivity contribution >= 4 is 21.6 Å². The van der Waals surface area contributed by atoms with E-state index in [0.29, 0.717) is 5.92 Å². The van der Waals surface area contributed by atoms with Gasteiger partial charge in [0, 0.05) is 16.2 Å². The van der Waals surface area contributed by atoms with Crippen molar-refractivity contribution in [1.29, 1.82) is 0 Å². The quantitative estimate of drug-likeness (QED) is 0.701. The van der Waals surface area contributed by atoms with Crippen LogP contribution in [0.4, 0.5) is 0 Å². The van der Waals surface area contributed by atoms with Gasteiger partial charge in [-0.3, -0.25) is 9.20 Å². The summed E-state index contributed by atoms with van der Waals surface area (Å²) in [6.45, 7) is 2.25. The molecule has 1 atom stereocenters. The van der Waals surface area contributed by atoms with Gasteiger partial charge in [0.05, 0.1) is 5.69 Å². The van der Waals surface area contributed by atoms with Crippen molar-refractivity contribution in [2.24, 2.45) is 5.92 Å². The van der Waals surface area contributed by atoms with Crippen LogP contribution < -0.4 is 5.56 Å². The van der Waals surface area contributed by atoms with Gasteiger partial charge in [-0.2, -0.15) is 0 Å². The molecule has 3 nitrogen and oxygen atoms in total. The summed E-state index contributed by atoms with van der Waals surface area (Å²) in [6.07, 6.45) is 5.80. The molecule has 0 saturated heterocycles. The van der Waals surface area contributed by atoms with Crippen LogP contribution in [0.25, 0.3) is 5.65 Å². The third-order valence-electron chi connectivity index (χ3n) is 3.73. The first-order valence-corrected chi connectivity index (χ1v) is 7.14. The summed E-state index contributed by atoms with van der Waals surface area (Å²) in [7, 11) is 0. The fraction of sp³-hybridized carbons (Fsp3) is 0.429. The molecule has 0 saturated carbocycles. The molecule has 0 aromatic carbocycles. The van der Waals surface area contributed by atoms with E-state index in [1.165, 1.54) is 0 Å². The summed E-state index contributed by atoms with van der Waals surface area (Å²) < 4.78 is 2.61. The predicted molar refractivity (Wildman–Crippen MR) is 75.0 cm³/mol. The lowest BCUT2D eigenvalue weighted by molar-refractivity contribution is 0.508. The van der Waals surface area contributed by atoms with E-state index in [2.05, 4.69) is 27.8 Å². The molecule has 0 aliphatic heterocycles. The summed E-state index contributed by atoms with van der Waals surface area (Å²) in [5, 5.41) is 0. The molecule has 0 N–H and O–H groups in total. The number of halogens is 1. The third kappa shape index (κ3) is 1.99. The van der Waals surface area contributed by atoms with E-state index < -0.39 is 0 Å². The number of aryl methyl sites for hydroxylation is 1. The second kappa shape index (κ2) is 4.50. The fourth-order valence-electron chi connectivity index (χ4n) is 2.57. The third-order valence-corrected chi connectivity index (χ3v) is 4.23. The van der Waals surface area contributed by atoms with Gasteiger partial charge in [-0.25, -0.2) is 4.98 Å². The number of hydrogen-bond acceptors (Lipinski definition) is 2. The number of fused-ring (bicyclic) bond motifs is 2. The molecule has 0 spiro atoms. The normalized spacial score (nSPS) is 19.6. The second-order valence-corrected chi connectivity index (χ2v) is 6.01. The van der Waals surface area contributed by atoms with Crippen LogP contribution in [0.2, 0.25) is 0 Å². The van der Waals surface area contributed by atoms with E-state index >= 15 is 0 Å². The van der Waals surface area contributed by atoms with Gasteiger partial charge in [0.25, 0.3) is 5.56 Å². The standard InChI is InChI=1S/C14H15BrN2O/c1-9-2-4-11-12(5-3-9)16-13-8-10(15)6-7-17(13)14(11)18/h6-9H,2-5H2,1H3. The Balaban J connectivity index is 2.26. The van der Waals surface area contributed by atoms with E-state index in [0.717, 1.165) is 47.1 Å². The highest BCUT2D eigenvalue weighted by Gasteiger charge is 2.18. The van der Waals surface area contributed by atoms with Crippen LogP contribution in [0.3, 0.4) is 0 Å². The van der Waals surface area contributed by atoms with Gasteiger partial charge in [-0.1, -0.05) is 22.9 Å².